The lowest BCUT2D eigenvalue weighted by Crippen LogP contribution is -2.61. The van der Waals surface area contributed by atoms with E-state index in [9.17, 15) is 19.5 Å². The van der Waals surface area contributed by atoms with Crippen molar-refractivity contribution in [2.45, 2.75) is 32.9 Å². The van der Waals surface area contributed by atoms with Gasteiger partial charge in [-0.1, -0.05) is 0 Å². The van der Waals surface area contributed by atoms with Gasteiger partial charge in [0.2, 0.25) is 0 Å². The van der Waals surface area contributed by atoms with E-state index in [0.717, 1.165) is 5.01 Å². The molecule has 1 saturated heterocycles. The highest BCUT2D eigenvalue weighted by Gasteiger charge is 2.69. The summed E-state index contributed by atoms with van der Waals surface area (Å²) in [7, 11) is 0. The number of hydrogen-bond donors (Lipinski definition) is 3. The fraction of sp³-hybridized carbons (Fsp3) is 0.615. The molecule has 2 aliphatic heterocycles. The minimum Gasteiger partial charge on any atom is -0.465 e. The van der Waals surface area contributed by atoms with E-state index in [1.807, 2.05) is 0 Å². The van der Waals surface area contributed by atoms with Crippen LogP contribution in [0.1, 0.15) is 27.2 Å². The van der Waals surface area contributed by atoms with Crippen molar-refractivity contribution >= 4 is 18.0 Å². The summed E-state index contributed by atoms with van der Waals surface area (Å²) in [5.74, 6) is -1.48. The second-order valence-electron chi connectivity index (χ2n) is 5.30. The molecule has 9 heteroatoms. The average molecular weight is 313 g/mol. The van der Waals surface area contributed by atoms with Gasteiger partial charge in [0.05, 0.1) is 18.8 Å². The summed E-state index contributed by atoms with van der Waals surface area (Å²) in [5.41, 5.74) is 3.93. The van der Waals surface area contributed by atoms with Gasteiger partial charge < -0.3 is 20.3 Å². The maximum atomic E-state index is 12.3. The number of primary amides is 1. The smallest absolute Gasteiger partial charge is 0.337 e. The van der Waals surface area contributed by atoms with Gasteiger partial charge in [0, 0.05) is 12.1 Å². The summed E-state index contributed by atoms with van der Waals surface area (Å²) in [6.45, 7) is 4.57. The Balaban J connectivity index is 2.61. The maximum Gasteiger partial charge on any atom is 0.337 e. The Hall–Kier alpha value is -2.29. The van der Waals surface area contributed by atoms with Crippen molar-refractivity contribution in [3.05, 3.63) is 11.3 Å². The van der Waals surface area contributed by atoms with Gasteiger partial charge in [-0.2, -0.15) is 0 Å². The summed E-state index contributed by atoms with van der Waals surface area (Å²) in [6.07, 6.45) is 0.0846. The topological polar surface area (TPSA) is 131 Å². The van der Waals surface area contributed by atoms with E-state index in [1.165, 1.54) is 13.8 Å². The number of carbonyl (C=O) groups excluding carboxylic acids is 3. The first-order valence-electron chi connectivity index (χ1n) is 6.84. The molecule has 0 saturated carbocycles. The SMILES string of the molecule is CCOC(=O)C1=C(C)N(NC(N)=O)C(C)(O)C12CCOC2=O. The van der Waals surface area contributed by atoms with E-state index < -0.39 is 29.1 Å². The van der Waals surface area contributed by atoms with E-state index in [1.54, 1.807) is 6.92 Å². The van der Waals surface area contributed by atoms with E-state index in [2.05, 4.69) is 5.43 Å². The fourth-order valence-electron chi connectivity index (χ4n) is 3.18. The number of esters is 2. The molecule has 4 N–H and O–H groups in total. The molecule has 0 aromatic rings. The summed E-state index contributed by atoms with van der Waals surface area (Å²) in [4.78, 5) is 35.8. The van der Waals surface area contributed by atoms with E-state index >= 15 is 0 Å². The number of cyclic esters (lactones) is 1. The minimum atomic E-state index is -1.91. The zero-order valence-electron chi connectivity index (χ0n) is 12.6. The van der Waals surface area contributed by atoms with Crippen LogP contribution in [0.15, 0.2) is 11.3 Å². The number of hydrogen-bond acceptors (Lipinski definition) is 7. The fourth-order valence-corrected chi connectivity index (χ4v) is 3.18. The minimum absolute atomic E-state index is 0.0319. The van der Waals surface area contributed by atoms with Crippen molar-refractivity contribution in [3.63, 3.8) is 0 Å². The molecule has 122 valence electrons. The molecule has 9 nitrogen and oxygen atoms in total. The average Bonchev–Trinajstić information content (AvgIpc) is 2.85. The number of nitrogens with two attached hydrogens (primary N) is 1. The summed E-state index contributed by atoms with van der Waals surface area (Å²) in [5, 5.41) is 11.9. The molecule has 0 aromatic heterocycles. The molecule has 2 aliphatic rings. The van der Waals surface area contributed by atoms with Gasteiger partial charge >= 0.3 is 18.0 Å². The monoisotopic (exact) mass is 313 g/mol. The molecule has 2 unspecified atom stereocenters. The third-order valence-electron chi connectivity index (χ3n) is 4.13. The number of rotatable bonds is 3. The standard InChI is InChI=1S/C13H19N3O6/c1-4-21-9(17)8-7(2)16(15-11(14)19)12(3,20)13(8)5-6-22-10(13)18/h20H,4-6H2,1-3H3,(H3,14,15,19). The normalized spacial score (nSPS) is 30.7. The van der Waals surface area contributed by atoms with Crippen LogP contribution >= 0.6 is 0 Å². The van der Waals surface area contributed by atoms with Gasteiger partial charge in [0.15, 0.2) is 11.1 Å². The third-order valence-corrected chi connectivity index (χ3v) is 4.13. The lowest BCUT2D eigenvalue weighted by molar-refractivity contribution is -0.177. The van der Waals surface area contributed by atoms with Crippen LogP contribution in [0.5, 0.6) is 0 Å². The zero-order chi connectivity index (χ0) is 16.7. The summed E-state index contributed by atoms with van der Waals surface area (Å²) >= 11 is 0. The number of allylic oxidation sites excluding steroid dienone is 1. The number of urea groups is 1. The van der Waals surface area contributed by atoms with Crippen molar-refractivity contribution in [2.24, 2.45) is 11.1 Å². The number of aliphatic hydroxyl groups is 1. The Morgan fingerprint density at radius 3 is 2.64 bits per heavy atom. The van der Waals surface area contributed by atoms with Crippen LogP contribution in [-0.4, -0.2) is 47.0 Å². The largest absolute Gasteiger partial charge is 0.465 e. The quantitative estimate of drug-likeness (QED) is 0.591. The van der Waals surface area contributed by atoms with Crippen LogP contribution in [0.4, 0.5) is 4.79 Å². The molecule has 0 aliphatic carbocycles. The van der Waals surface area contributed by atoms with Crippen molar-refractivity contribution in [3.8, 4) is 0 Å². The van der Waals surface area contributed by atoms with Crippen LogP contribution in [0.3, 0.4) is 0 Å². The van der Waals surface area contributed by atoms with Crippen molar-refractivity contribution in [1.29, 1.82) is 0 Å². The van der Waals surface area contributed by atoms with Crippen LogP contribution in [0, 0.1) is 5.41 Å². The second kappa shape index (κ2) is 5.16. The highest BCUT2D eigenvalue weighted by atomic mass is 16.5. The van der Waals surface area contributed by atoms with Crippen molar-refractivity contribution in [2.75, 3.05) is 13.2 Å². The van der Waals surface area contributed by atoms with Crippen molar-refractivity contribution in [1.82, 2.24) is 10.4 Å². The first-order valence-corrected chi connectivity index (χ1v) is 6.84. The van der Waals surface area contributed by atoms with Gasteiger partial charge in [-0.3, -0.25) is 9.80 Å². The molecule has 2 heterocycles. The lowest BCUT2D eigenvalue weighted by Gasteiger charge is -2.40. The van der Waals surface area contributed by atoms with E-state index in [0.29, 0.717) is 0 Å². The van der Waals surface area contributed by atoms with Gasteiger partial charge in [-0.25, -0.2) is 15.0 Å². The molecular weight excluding hydrogens is 294 g/mol. The second-order valence-corrected chi connectivity index (χ2v) is 5.30. The predicted octanol–water partition coefficient (Wildman–Crippen LogP) is -0.636. The number of nitrogens with zero attached hydrogens (tertiary/aromatic N) is 1. The number of amides is 2. The van der Waals surface area contributed by atoms with Gasteiger partial charge in [0.25, 0.3) is 0 Å². The number of ether oxygens (including phenoxy) is 2. The van der Waals surface area contributed by atoms with E-state index in [4.69, 9.17) is 15.2 Å². The van der Waals surface area contributed by atoms with Crippen LogP contribution in [0.25, 0.3) is 0 Å². The summed E-state index contributed by atoms with van der Waals surface area (Å²) < 4.78 is 9.97. The molecule has 0 aromatic carbocycles. The van der Waals surface area contributed by atoms with Gasteiger partial charge in [-0.15, -0.1) is 0 Å². The molecule has 0 bridgehead atoms. The Morgan fingerprint density at radius 1 is 1.55 bits per heavy atom. The van der Waals surface area contributed by atoms with Crippen molar-refractivity contribution < 1.29 is 29.0 Å². The molecule has 0 radical (unpaired) electrons. The lowest BCUT2D eigenvalue weighted by atomic mass is 9.72. The molecule has 22 heavy (non-hydrogen) atoms. The first kappa shape index (κ1) is 16.1. The van der Waals surface area contributed by atoms with Crippen LogP contribution in [0.2, 0.25) is 0 Å². The van der Waals surface area contributed by atoms with Gasteiger partial charge in [0.1, 0.15) is 0 Å². The first-order chi connectivity index (χ1) is 10.2. The number of hydrazine groups is 1. The highest BCUT2D eigenvalue weighted by molar-refractivity contribution is 6.01. The third kappa shape index (κ3) is 1.92. The maximum absolute atomic E-state index is 12.3. The number of nitrogens with one attached hydrogen (secondary N) is 1. The summed E-state index contributed by atoms with van der Waals surface area (Å²) in [6, 6.07) is -0.939. The van der Waals surface area contributed by atoms with E-state index in [-0.39, 0.29) is 30.9 Å². The molecule has 2 atom stereocenters. The Labute approximate surface area is 127 Å². The molecule has 2 amide bonds. The Morgan fingerprint density at radius 2 is 2.18 bits per heavy atom. The van der Waals surface area contributed by atoms with Crippen LogP contribution < -0.4 is 11.2 Å². The number of carbonyl (C=O) groups is 3. The Bertz CT molecular complexity index is 570. The Kier molecular flexibility index (Phi) is 3.78. The van der Waals surface area contributed by atoms with Crippen LogP contribution in [-0.2, 0) is 19.1 Å². The molecule has 1 spiro atoms. The molecule has 2 rings (SSSR count). The highest BCUT2D eigenvalue weighted by Crippen LogP contribution is 2.54. The molecular formula is C13H19N3O6. The zero-order valence-corrected chi connectivity index (χ0v) is 12.6. The predicted molar refractivity (Wildman–Crippen MR) is 72.5 cm³/mol. The van der Waals surface area contributed by atoms with Gasteiger partial charge in [-0.05, 0) is 20.8 Å². The molecule has 1 fully saturated rings.